The van der Waals surface area contributed by atoms with Gasteiger partial charge in [-0.3, -0.25) is 9.69 Å². The normalized spacial score (nSPS) is 17.4. The summed E-state index contributed by atoms with van der Waals surface area (Å²) < 4.78 is 0. The Kier molecular flexibility index (Phi) is 6.54. The van der Waals surface area contributed by atoms with E-state index in [0.717, 1.165) is 36.6 Å². The molecule has 1 aromatic rings. The van der Waals surface area contributed by atoms with Crippen LogP contribution in [0, 0.1) is 0 Å². The minimum atomic E-state index is -0.0392. The van der Waals surface area contributed by atoms with Crippen molar-refractivity contribution in [1.82, 2.24) is 10.2 Å². The van der Waals surface area contributed by atoms with Crippen molar-refractivity contribution in [3.05, 3.63) is 35.4 Å². The highest BCUT2D eigenvalue weighted by atomic mass is 32.2. The highest BCUT2D eigenvalue weighted by Crippen LogP contribution is 2.12. The lowest BCUT2D eigenvalue weighted by Crippen LogP contribution is -2.48. The Morgan fingerprint density at radius 1 is 1.29 bits per heavy atom. The summed E-state index contributed by atoms with van der Waals surface area (Å²) >= 11 is 1.95. The van der Waals surface area contributed by atoms with Gasteiger partial charge in [-0.25, -0.2) is 0 Å². The van der Waals surface area contributed by atoms with Gasteiger partial charge in [0.05, 0.1) is 12.6 Å². The van der Waals surface area contributed by atoms with Crippen LogP contribution in [0.2, 0.25) is 0 Å². The van der Waals surface area contributed by atoms with Gasteiger partial charge < -0.3 is 10.4 Å². The topological polar surface area (TPSA) is 52.6 Å². The molecule has 2 rings (SSSR count). The standard InChI is InChI=1S/C16H24N2O2S/c1-13(18-8-10-21-11-9-18)16(20)17-7-6-14-2-4-15(12-19)5-3-14/h2-5,13,19H,6-12H2,1H3,(H,17,20). The Bertz CT molecular complexity index is 444. The van der Waals surface area contributed by atoms with E-state index in [1.807, 2.05) is 43.0 Å². The number of hydrogen-bond donors (Lipinski definition) is 2. The highest BCUT2D eigenvalue weighted by molar-refractivity contribution is 7.99. The summed E-state index contributed by atoms with van der Waals surface area (Å²) in [5.41, 5.74) is 2.09. The minimum Gasteiger partial charge on any atom is -0.392 e. The van der Waals surface area contributed by atoms with Crippen molar-refractivity contribution in [3.63, 3.8) is 0 Å². The van der Waals surface area contributed by atoms with E-state index in [0.29, 0.717) is 6.54 Å². The fourth-order valence-corrected chi connectivity index (χ4v) is 3.35. The van der Waals surface area contributed by atoms with E-state index < -0.39 is 0 Å². The average Bonchev–Trinajstić information content (AvgIpc) is 2.55. The van der Waals surface area contributed by atoms with E-state index >= 15 is 0 Å². The predicted octanol–water partition coefficient (Wildman–Crippen LogP) is 1.27. The van der Waals surface area contributed by atoms with Gasteiger partial charge in [0.25, 0.3) is 0 Å². The zero-order valence-corrected chi connectivity index (χ0v) is 13.4. The predicted molar refractivity (Wildman–Crippen MR) is 87.4 cm³/mol. The molecule has 1 fully saturated rings. The fraction of sp³-hybridized carbons (Fsp3) is 0.562. The molecule has 0 radical (unpaired) electrons. The van der Waals surface area contributed by atoms with Crippen molar-refractivity contribution in [2.45, 2.75) is 26.0 Å². The average molecular weight is 308 g/mol. The molecule has 116 valence electrons. The van der Waals surface area contributed by atoms with E-state index in [1.165, 1.54) is 5.56 Å². The molecule has 0 saturated carbocycles. The van der Waals surface area contributed by atoms with Crippen LogP contribution < -0.4 is 5.32 Å². The number of rotatable bonds is 6. The molecule has 1 heterocycles. The van der Waals surface area contributed by atoms with Crippen molar-refractivity contribution in [3.8, 4) is 0 Å². The van der Waals surface area contributed by atoms with Crippen LogP contribution in [0.15, 0.2) is 24.3 Å². The third-order valence-electron chi connectivity index (χ3n) is 3.89. The summed E-state index contributed by atoms with van der Waals surface area (Å²) in [6.45, 7) is 4.72. The van der Waals surface area contributed by atoms with Crippen LogP contribution in [0.5, 0.6) is 0 Å². The lowest BCUT2D eigenvalue weighted by atomic mass is 10.1. The van der Waals surface area contributed by atoms with Gasteiger partial charge in [0.2, 0.25) is 5.91 Å². The van der Waals surface area contributed by atoms with E-state index in [1.54, 1.807) is 0 Å². The summed E-state index contributed by atoms with van der Waals surface area (Å²) in [7, 11) is 0. The van der Waals surface area contributed by atoms with Crippen LogP contribution in [0.25, 0.3) is 0 Å². The molecule has 0 aliphatic carbocycles. The first kappa shape index (κ1) is 16.3. The van der Waals surface area contributed by atoms with Crippen LogP contribution in [0.4, 0.5) is 0 Å². The molecular formula is C16H24N2O2S. The number of aliphatic hydroxyl groups is 1. The lowest BCUT2D eigenvalue weighted by molar-refractivity contribution is -0.125. The summed E-state index contributed by atoms with van der Waals surface area (Å²) in [5, 5.41) is 12.0. The van der Waals surface area contributed by atoms with Crippen LogP contribution in [0.3, 0.4) is 0 Å². The Balaban J connectivity index is 1.72. The molecule has 4 nitrogen and oxygen atoms in total. The third-order valence-corrected chi connectivity index (χ3v) is 4.83. The molecule has 5 heteroatoms. The zero-order valence-electron chi connectivity index (χ0n) is 12.5. The first-order valence-corrected chi connectivity index (χ1v) is 8.64. The van der Waals surface area contributed by atoms with Gasteiger partial charge in [-0.15, -0.1) is 0 Å². The number of benzene rings is 1. The van der Waals surface area contributed by atoms with E-state index in [4.69, 9.17) is 5.11 Å². The maximum atomic E-state index is 12.1. The summed E-state index contributed by atoms with van der Waals surface area (Å²) in [6, 6.07) is 7.81. The highest BCUT2D eigenvalue weighted by Gasteiger charge is 2.22. The van der Waals surface area contributed by atoms with Crippen molar-refractivity contribution >= 4 is 17.7 Å². The summed E-state index contributed by atoms with van der Waals surface area (Å²) in [6.07, 6.45) is 0.819. The molecule has 0 bridgehead atoms. The SMILES string of the molecule is CC(C(=O)NCCc1ccc(CO)cc1)N1CCSCC1. The van der Waals surface area contributed by atoms with Gasteiger partial charge in [-0.2, -0.15) is 11.8 Å². The van der Waals surface area contributed by atoms with E-state index in [-0.39, 0.29) is 18.6 Å². The Morgan fingerprint density at radius 3 is 2.52 bits per heavy atom. The van der Waals surface area contributed by atoms with Crippen molar-refractivity contribution < 1.29 is 9.90 Å². The van der Waals surface area contributed by atoms with Crippen LogP contribution in [-0.2, 0) is 17.8 Å². The molecule has 1 aromatic carbocycles. The number of carbonyl (C=O) groups excluding carboxylic acids is 1. The molecule has 0 aromatic heterocycles. The smallest absolute Gasteiger partial charge is 0.237 e. The van der Waals surface area contributed by atoms with Gasteiger partial charge in [0.15, 0.2) is 0 Å². The quantitative estimate of drug-likeness (QED) is 0.831. The molecule has 1 unspecified atom stereocenters. The maximum absolute atomic E-state index is 12.1. The lowest BCUT2D eigenvalue weighted by Gasteiger charge is -2.31. The molecule has 1 aliphatic rings. The second-order valence-corrected chi connectivity index (χ2v) is 6.56. The molecule has 1 saturated heterocycles. The summed E-state index contributed by atoms with van der Waals surface area (Å²) in [5.74, 6) is 2.36. The number of amides is 1. The largest absolute Gasteiger partial charge is 0.392 e. The molecule has 1 amide bonds. The van der Waals surface area contributed by atoms with Crippen molar-refractivity contribution in [2.75, 3.05) is 31.1 Å². The Morgan fingerprint density at radius 2 is 1.90 bits per heavy atom. The number of nitrogens with one attached hydrogen (secondary N) is 1. The monoisotopic (exact) mass is 308 g/mol. The summed E-state index contributed by atoms with van der Waals surface area (Å²) in [4.78, 5) is 14.4. The number of aliphatic hydroxyl groups excluding tert-OH is 1. The molecular weight excluding hydrogens is 284 g/mol. The Labute approximate surface area is 130 Å². The van der Waals surface area contributed by atoms with E-state index in [2.05, 4.69) is 10.2 Å². The Hall–Kier alpha value is -1.04. The first-order chi connectivity index (χ1) is 10.2. The van der Waals surface area contributed by atoms with Gasteiger partial charge in [-0.1, -0.05) is 24.3 Å². The molecule has 2 N–H and O–H groups in total. The molecule has 21 heavy (non-hydrogen) atoms. The van der Waals surface area contributed by atoms with Crippen LogP contribution >= 0.6 is 11.8 Å². The fourth-order valence-electron chi connectivity index (χ4n) is 2.42. The van der Waals surface area contributed by atoms with Crippen molar-refractivity contribution in [1.29, 1.82) is 0 Å². The third kappa shape index (κ3) is 5.02. The second kappa shape index (κ2) is 8.41. The molecule has 1 aliphatic heterocycles. The van der Waals surface area contributed by atoms with Crippen LogP contribution in [0.1, 0.15) is 18.1 Å². The second-order valence-electron chi connectivity index (χ2n) is 5.34. The first-order valence-electron chi connectivity index (χ1n) is 7.49. The molecule has 1 atom stereocenters. The molecule has 0 spiro atoms. The van der Waals surface area contributed by atoms with Gasteiger partial charge in [-0.05, 0) is 24.5 Å². The van der Waals surface area contributed by atoms with Crippen LogP contribution in [-0.4, -0.2) is 53.1 Å². The van der Waals surface area contributed by atoms with Gasteiger partial charge in [0, 0.05) is 31.1 Å². The van der Waals surface area contributed by atoms with E-state index in [9.17, 15) is 4.79 Å². The van der Waals surface area contributed by atoms with Gasteiger partial charge >= 0.3 is 0 Å². The maximum Gasteiger partial charge on any atom is 0.237 e. The number of nitrogens with zero attached hydrogens (tertiary/aromatic N) is 1. The number of carbonyl (C=O) groups is 1. The minimum absolute atomic E-state index is 0.0392. The number of hydrogen-bond acceptors (Lipinski definition) is 4. The van der Waals surface area contributed by atoms with Gasteiger partial charge in [0.1, 0.15) is 0 Å². The zero-order chi connectivity index (χ0) is 15.1. The van der Waals surface area contributed by atoms with Crippen molar-refractivity contribution in [2.24, 2.45) is 0 Å². The number of thioether (sulfide) groups is 1.